The lowest BCUT2D eigenvalue weighted by molar-refractivity contribution is 0.415. The van der Waals surface area contributed by atoms with E-state index < -0.39 is 0 Å². The Balaban J connectivity index is 0.00000288. The minimum absolute atomic E-state index is 0. The van der Waals surface area contributed by atoms with Crippen LogP contribution in [0.2, 0.25) is 0 Å². The standard InChI is InChI=1S/C18H30N4O.HI/c1-5-19-18(20-12-14(2)3)21-15-10-11-22(13-15)16-8-6-7-9-17(16)23-4;/h6-9,14-15H,5,10-13H2,1-4H3,(H2,19,20,21);1H. The fraction of sp³-hybridized carbons (Fsp3) is 0.611. The van der Waals surface area contributed by atoms with Crippen molar-refractivity contribution < 1.29 is 4.74 Å². The van der Waals surface area contributed by atoms with Crippen molar-refractivity contribution >= 4 is 35.6 Å². The van der Waals surface area contributed by atoms with E-state index in [-0.39, 0.29) is 24.0 Å². The SMILES string of the molecule is CCNC(=NCC(C)C)NC1CCN(c2ccccc2OC)C1.I. The number of guanidine groups is 1. The molecule has 1 aliphatic rings. The maximum Gasteiger partial charge on any atom is 0.191 e. The molecule has 5 nitrogen and oxygen atoms in total. The van der Waals surface area contributed by atoms with Crippen LogP contribution >= 0.6 is 24.0 Å². The fourth-order valence-electron chi connectivity index (χ4n) is 2.78. The molecule has 1 fully saturated rings. The number of hydrogen-bond donors (Lipinski definition) is 2. The second-order valence-corrected chi connectivity index (χ2v) is 6.36. The van der Waals surface area contributed by atoms with Gasteiger partial charge < -0.3 is 20.3 Å². The van der Waals surface area contributed by atoms with Gasteiger partial charge in [0.15, 0.2) is 5.96 Å². The molecule has 2 N–H and O–H groups in total. The van der Waals surface area contributed by atoms with Crippen LogP contribution in [0.5, 0.6) is 5.75 Å². The molecule has 1 heterocycles. The van der Waals surface area contributed by atoms with Gasteiger partial charge in [-0.05, 0) is 31.4 Å². The molecule has 1 aromatic rings. The number of ether oxygens (including phenoxy) is 1. The van der Waals surface area contributed by atoms with Crippen molar-refractivity contribution in [3.8, 4) is 5.75 Å². The molecule has 1 unspecified atom stereocenters. The van der Waals surface area contributed by atoms with E-state index in [1.807, 2.05) is 12.1 Å². The Hall–Kier alpha value is -1.18. The number of rotatable bonds is 6. The first-order valence-electron chi connectivity index (χ1n) is 8.56. The van der Waals surface area contributed by atoms with Gasteiger partial charge in [0.05, 0.1) is 12.8 Å². The number of para-hydroxylation sites is 2. The third kappa shape index (κ3) is 6.03. The third-order valence-electron chi connectivity index (χ3n) is 3.91. The van der Waals surface area contributed by atoms with Crippen molar-refractivity contribution in [3.05, 3.63) is 24.3 Å². The molecule has 2 rings (SSSR count). The van der Waals surface area contributed by atoms with Gasteiger partial charge in [0.2, 0.25) is 0 Å². The molecular formula is C18H31IN4O. The predicted octanol–water partition coefficient (Wildman–Crippen LogP) is 3.10. The molecule has 0 radical (unpaired) electrons. The number of nitrogens with one attached hydrogen (secondary N) is 2. The van der Waals surface area contributed by atoms with Gasteiger partial charge in [0.1, 0.15) is 5.75 Å². The van der Waals surface area contributed by atoms with Gasteiger partial charge in [-0.2, -0.15) is 0 Å². The summed E-state index contributed by atoms with van der Waals surface area (Å²) in [5.74, 6) is 2.43. The van der Waals surface area contributed by atoms with Crippen LogP contribution in [0.1, 0.15) is 27.2 Å². The van der Waals surface area contributed by atoms with E-state index in [1.54, 1.807) is 7.11 Å². The Bertz CT molecular complexity index is 521. The average Bonchev–Trinajstić information content (AvgIpc) is 3.01. The van der Waals surface area contributed by atoms with E-state index in [4.69, 9.17) is 4.74 Å². The second-order valence-electron chi connectivity index (χ2n) is 6.36. The molecule has 24 heavy (non-hydrogen) atoms. The molecule has 6 heteroatoms. The van der Waals surface area contributed by atoms with Gasteiger partial charge in [-0.3, -0.25) is 4.99 Å². The maximum atomic E-state index is 5.48. The highest BCUT2D eigenvalue weighted by atomic mass is 127. The summed E-state index contributed by atoms with van der Waals surface area (Å²) < 4.78 is 5.48. The number of hydrogen-bond acceptors (Lipinski definition) is 3. The van der Waals surface area contributed by atoms with Crippen molar-refractivity contribution in [1.29, 1.82) is 0 Å². The van der Waals surface area contributed by atoms with E-state index >= 15 is 0 Å². The van der Waals surface area contributed by atoms with E-state index in [1.165, 1.54) is 5.69 Å². The van der Waals surface area contributed by atoms with E-state index in [9.17, 15) is 0 Å². The van der Waals surface area contributed by atoms with Gasteiger partial charge in [-0.1, -0.05) is 26.0 Å². The van der Waals surface area contributed by atoms with Crippen LogP contribution in [0.3, 0.4) is 0 Å². The van der Waals surface area contributed by atoms with Crippen LogP contribution < -0.4 is 20.3 Å². The van der Waals surface area contributed by atoms with Crippen LogP contribution in [0.15, 0.2) is 29.3 Å². The van der Waals surface area contributed by atoms with Crippen LogP contribution in [0.25, 0.3) is 0 Å². The van der Waals surface area contributed by atoms with Crippen LogP contribution in [-0.2, 0) is 0 Å². The van der Waals surface area contributed by atoms with Gasteiger partial charge in [-0.25, -0.2) is 0 Å². The monoisotopic (exact) mass is 446 g/mol. The normalized spacial score (nSPS) is 17.6. The Labute approximate surface area is 163 Å². The zero-order valence-electron chi connectivity index (χ0n) is 15.2. The zero-order chi connectivity index (χ0) is 16.7. The van der Waals surface area contributed by atoms with Crippen molar-refractivity contribution in [2.45, 2.75) is 33.2 Å². The van der Waals surface area contributed by atoms with Crippen LogP contribution in [0.4, 0.5) is 5.69 Å². The summed E-state index contributed by atoms with van der Waals surface area (Å²) in [6, 6.07) is 8.62. The minimum Gasteiger partial charge on any atom is -0.495 e. The van der Waals surface area contributed by atoms with Gasteiger partial charge in [0.25, 0.3) is 0 Å². The molecule has 1 saturated heterocycles. The number of anilines is 1. The van der Waals surface area contributed by atoms with Gasteiger partial charge >= 0.3 is 0 Å². The van der Waals surface area contributed by atoms with Crippen molar-refractivity contribution in [1.82, 2.24) is 10.6 Å². The first kappa shape index (κ1) is 20.9. The summed E-state index contributed by atoms with van der Waals surface area (Å²) >= 11 is 0. The Kier molecular flexibility index (Phi) is 9.25. The lowest BCUT2D eigenvalue weighted by Gasteiger charge is -2.22. The average molecular weight is 446 g/mol. The largest absolute Gasteiger partial charge is 0.495 e. The van der Waals surface area contributed by atoms with E-state index in [2.05, 4.69) is 53.4 Å². The van der Waals surface area contributed by atoms with E-state index in [0.29, 0.717) is 12.0 Å². The molecule has 136 valence electrons. The topological polar surface area (TPSA) is 48.9 Å². The van der Waals surface area contributed by atoms with Crippen molar-refractivity contribution in [3.63, 3.8) is 0 Å². The first-order valence-corrected chi connectivity index (χ1v) is 8.56. The fourth-order valence-corrected chi connectivity index (χ4v) is 2.78. The Morgan fingerprint density at radius 3 is 2.79 bits per heavy atom. The summed E-state index contributed by atoms with van der Waals surface area (Å²) in [5.41, 5.74) is 1.17. The molecule has 0 aliphatic carbocycles. The molecule has 0 saturated carbocycles. The zero-order valence-corrected chi connectivity index (χ0v) is 17.5. The second kappa shape index (κ2) is 10.6. The number of methoxy groups -OCH3 is 1. The van der Waals surface area contributed by atoms with E-state index in [0.717, 1.165) is 44.3 Å². The highest BCUT2D eigenvalue weighted by molar-refractivity contribution is 14.0. The van der Waals surface area contributed by atoms with Crippen molar-refractivity contribution in [2.24, 2.45) is 10.9 Å². The van der Waals surface area contributed by atoms with Gasteiger partial charge in [0, 0.05) is 32.2 Å². The third-order valence-corrected chi connectivity index (χ3v) is 3.91. The Morgan fingerprint density at radius 1 is 1.38 bits per heavy atom. The van der Waals surface area contributed by atoms with Crippen molar-refractivity contribution in [2.75, 3.05) is 38.2 Å². The summed E-state index contributed by atoms with van der Waals surface area (Å²) in [6.45, 7) is 10.2. The smallest absolute Gasteiger partial charge is 0.191 e. The van der Waals surface area contributed by atoms with Crippen LogP contribution in [0, 0.1) is 5.92 Å². The first-order chi connectivity index (χ1) is 11.1. The molecule has 0 aromatic heterocycles. The number of nitrogens with zero attached hydrogens (tertiary/aromatic N) is 2. The molecule has 0 amide bonds. The lowest BCUT2D eigenvalue weighted by atomic mass is 10.2. The summed E-state index contributed by atoms with van der Waals surface area (Å²) in [4.78, 5) is 7.04. The maximum absolute atomic E-state index is 5.48. The molecule has 0 bridgehead atoms. The minimum atomic E-state index is 0. The molecular weight excluding hydrogens is 415 g/mol. The number of halogens is 1. The summed E-state index contributed by atoms with van der Waals surface area (Å²) in [5, 5.41) is 6.90. The molecule has 1 aromatic carbocycles. The highest BCUT2D eigenvalue weighted by Crippen LogP contribution is 2.30. The molecule has 1 atom stereocenters. The number of benzene rings is 1. The number of aliphatic imine (C=N–C) groups is 1. The Morgan fingerprint density at radius 2 is 2.12 bits per heavy atom. The summed E-state index contributed by atoms with van der Waals surface area (Å²) in [6.07, 6.45) is 1.10. The summed E-state index contributed by atoms with van der Waals surface area (Å²) in [7, 11) is 1.73. The van der Waals surface area contributed by atoms with Crippen LogP contribution in [-0.4, -0.2) is 45.3 Å². The molecule has 0 spiro atoms. The lowest BCUT2D eigenvalue weighted by Crippen LogP contribution is -2.44. The highest BCUT2D eigenvalue weighted by Gasteiger charge is 2.25. The quantitative estimate of drug-likeness (QED) is 0.401. The van der Waals surface area contributed by atoms with Gasteiger partial charge in [-0.15, -0.1) is 24.0 Å². The predicted molar refractivity (Wildman–Crippen MR) is 113 cm³/mol. The molecule has 1 aliphatic heterocycles.